The second kappa shape index (κ2) is 5.83. The lowest BCUT2D eigenvalue weighted by Gasteiger charge is -2.18. The van der Waals surface area contributed by atoms with Crippen LogP contribution in [0.2, 0.25) is 0 Å². The zero-order valence-corrected chi connectivity index (χ0v) is 12.3. The van der Waals surface area contributed by atoms with E-state index in [0.29, 0.717) is 5.56 Å². The van der Waals surface area contributed by atoms with Crippen LogP contribution in [0.1, 0.15) is 26.3 Å². The molecule has 2 aromatic rings. The van der Waals surface area contributed by atoms with E-state index in [2.05, 4.69) is 10.5 Å². The number of hydrogen-bond acceptors (Lipinski definition) is 4. The lowest BCUT2D eigenvalue weighted by Crippen LogP contribution is -2.29. The average Bonchev–Trinajstić information content (AvgIpc) is 2.39. The summed E-state index contributed by atoms with van der Waals surface area (Å²) in [6, 6.07) is 11.0. The summed E-state index contributed by atoms with van der Waals surface area (Å²) in [6.07, 6.45) is 0.764. The van der Waals surface area contributed by atoms with Gasteiger partial charge in [0.25, 0.3) is 0 Å². The topological polar surface area (TPSA) is 70.9 Å². The molecular weight excluding hydrogens is 268 g/mol. The molecule has 110 valence electrons. The van der Waals surface area contributed by atoms with Crippen LogP contribution in [0, 0.1) is 0 Å². The molecule has 5 heteroatoms. The van der Waals surface area contributed by atoms with Crippen LogP contribution in [0.5, 0.6) is 5.75 Å². The smallest absolute Gasteiger partial charge is 0.428 e. The molecule has 2 rings (SSSR count). The molecule has 0 spiro atoms. The van der Waals surface area contributed by atoms with Crippen molar-refractivity contribution < 1.29 is 14.6 Å². The van der Waals surface area contributed by atoms with Crippen molar-refractivity contribution in [3.05, 3.63) is 42.0 Å². The van der Waals surface area contributed by atoms with Crippen molar-refractivity contribution in [2.75, 3.05) is 0 Å². The van der Waals surface area contributed by atoms with Gasteiger partial charge >= 0.3 is 6.09 Å². The second-order valence-corrected chi connectivity index (χ2v) is 5.59. The quantitative estimate of drug-likeness (QED) is 0.656. The SMILES string of the molecule is CC(C)(C)OC(=O)N/N=C\c1c(O)ccc2ccccc12. The number of nitrogens with one attached hydrogen (secondary N) is 1. The third-order valence-electron chi connectivity index (χ3n) is 2.70. The van der Waals surface area contributed by atoms with Gasteiger partial charge in [0.1, 0.15) is 11.4 Å². The van der Waals surface area contributed by atoms with Gasteiger partial charge in [-0.2, -0.15) is 5.10 Å². The number of rotatable bonds is 2. The van der Waals surface area contributed by atoms with Gasteiger partial charge < -0.3 is 9.84 Å². The van der Waals surface area contributed by atoms with Gasteiger partial charge in [-0.15, -0.1) is 0 Å². The Morgan fingerprint density at radius 2 is 1.95 bits per heavy atom. The zero-order chi connectivity index (χ0) is 15.5. The average molecular weight is 286 g/mol. The van der Waals surface area contributed by atoms with Crippen molar-refractivity contribution in [2.45, 2.75) is 26.4 Å². The molecule has 0 aliphatic rings. The van der Waals surface area contributed by atoms with Gasteiger partial charge in [0, 0.05) is 5.56 Å². The summed E-state index contributed by atoms with van der Waals surface area (Å²) in [5.41, 5.74) is 2.24. The summed E-state index contributed by atoms with van der Waals surface area (Å²) in [6.45, 7) is 5.31. The second-order valence-electron chi connectivity index (χ2n) is 5.59. The van der Waals surface area contributed by atoms with Crippen molar-refractivity contribution in [3.63, 3.8) is 0 Å². The van der Waals surface area contributed by atoms with Crippen molar-refractivity contribution in [3.8, 4) is 5.75 Å². The number of amides is 1. The minimum absolute atomic E-state index is 0.100. The molecule has 0 unspecified atom stereocenters. The number of ether oxygens (including phenoxy) is 1. The van der Waals surface area contributed by atoms with Gasteiger partial charge in [-0.1, -0.05) is 30.3 Å². The van der Waals surface area contributed by atoms with Crippen LogP contribution in [0.15, 0.2) is 41.5 Å². The summed E-state index contributed by atoms with van der Waals surface area (Å²) in [5, 5.41) is 15.6. The van der Waals surface area contributed by atoms with Crippen molar-refractivity contribution >= 4 is 23.1 Å². The van der Waals surface area contributed by atoms with E-state index in [1.807, 2.05) is 30.3 Å². The number of phenols is 1. The predicted octanol–water partition coefficient (Wildman–Crippen LogP) is 3.40. The summed E-state index contributed by atoms with van der Waals surface area (Å²) < 4.78 is 5.07. The maximum atomic E-state index is 11.5. The predicted molar refractivity (Wildman–Crippen MR) is 82.6 cm³/mol. The zero-order valence-electron chi connectivity index (χ0n) is 12.3. The maximum Gasteiger partial charge on any atom is 0.428 e. The summed E-state index contributed by atoms with van der Waals surface area (Å²) in [7, 11) is 0. The first-order chi connectivity index (χ1) is 9.87. The van der Waals surface area contributed by atoms with Crippen molar-refractivity contribution in [1.82, 2.24) is 5.43 Å². The standard InChI is InChI=1S/C16H18N2O3/c1-16(2,3)21-15(20)18-17-10-13-12-7-5-4-6-11(12)8-9-14(13)19/h4-10,19H,1-3H3,(H,18,20)/b17-10-. The number of hydrazone groups is 1. The molecule has 0 aliphatic heterocycles. The monoisotopic (exact) mass is 286 g/mol. The number of phenolic OH excluding ortho intramolecular Hbond substituents is 1. The van der Waals surface area contributed by atoms with Crippen LogP contribution >= 0.6 is 0 Å². The number of hydrogen-bond donors (Lipinski definition) is 2. The molecule has 2 N–H and O–H groups in total. The maximum absolute atomic E-state index is 11.5. The Bertz CT molecular complexity index is 687. The number of nitrogens with zero attached hydrogens (tertiary/aromatic N) is 1. The molecular formula is C16H18N2O3. The highest BCUT2D eigenvalue weighted by atomic mass is 16.6. The van der Waals surface area contributed by atoms with Crippen LogP contribution in [-0.4, -0.2) is 23.0 Å². The molecule has 0 aromatic heterocycles. The lowest BCUT2D eigenvalue weighted by atomic mass is 10.0. The van der Waals surface area contributed by atoms with E-state index in [4.69, 9.17) is 4.74 Å². The van der Waals surface area contributed by atoms with Gasteiger partial charge in [0.2, 0.25) is 0 Å². The Balaban J connectivity index is 2.18. The van der Waals surface area contributed by atoms with E-state index in [0.717, 1.165) is 10.8 Å². The van der Waals surface area contributed by atoms with Crippen molar-refractivity contribution in [1.29, 1.82) is 0 Å². The van der Waals surface area contributed by atoms with E-state index < -0.39 is 11.7 Å². The molecule has 21 heavy (non-hydrogen) atoms. The van der Waals surface area contributed by atoms with E-state index in [-0.39, 0.29) is 5.75 Å². The molecule has 0 radical (unpaired) electrons. The fourth-order valence-electron chi connectivity index (χ4n) is 1.87. The van der Waals surface area contributed by atoms with Gasteiger partial charge in [0.05, 0.1) is 6.21 Å². The highest BCUT2D eigenvalue weighted by molar-refractivity contribution is 6.02. The van der Waals surface area contributed by atoms with Gasteiger partial charge in [-0.25, -0.2) is 10.2 Å². The first-order valence-electron chi connectivity index (χ1n) is 6.59. The van der Waals surface area contributed by atoms with E-state index >= 15 is 0 Å². The first kappa shape index (κ1) is 14.8. The third-order valence-corrected chi connectivity index (χ3v) is 2.70. The highest BCUT2D eigenvalue weighted by Gasteiger charge is 2.15. The summed E-state index contributed by atoms with van der Waals surface area (Å²) in [5.74, 6) is 0.100. The van der Waals surface area contributed by atoms with Crippen molar-refractivity contribution in [2.24, 2.45) is 5.10 Å². The third kappa shape index (κ3) is 3.95. The largest absolute Gasteiger partial charge is 0.507 e. The molecule has 1 amide bonds. The van der Waals surface area contributed by atoms with E-state index in [1.54, 1.807) is 26.8 Å². The van der Waals surface area contributed by atoms with E-state index in [9.17, 15) is 9.90 Å². The Kier molecular flexibility index (Phi) is 4.12. The Hall–Kier alpha value is -2.56. The molecule has 5 nitrogen and oxygen atoms in total. The molecule has 2 aromatic carbocycles. The van der Waals surface area contributed by atoms with Crippen LogP contribution in [-0.2, 0) is 4.74 Å². The molecule has 0 aliphatic carbocycles. The number of carbonyl (C=O) groups excluding carboxylic acids is 1. The molecule has 0 heterocycles. The van der Waals surface area contributed by atoms with Gasteiger partial charge in [-0.3, -0.25) is 0 Å². The number of fused-ring (bicyclic) bond motifs is 1. The number of benzene rings is 2. The number of carbonyl (C=O) groups is 1. The fourth-order valence-corrected chi connectivity index (χ4v) is 1.87. The summed E-state index contributed by atoms with van der Waals surface area (Å²) >= 11 is 0. The molecule has 0 atom stereocenters. The summed E-state index contributed by atoms with van der Waals surface area (Å²) in [4.78, 5) is 11.5. The number of aromatic hydroxyl groups is 1. The minimum atomic E-state index is -0.640. The van der Waals surface area contributed by atoms with Crippen LogP contribution in [0.3, 0.4) is 0 Å². The minimum Gasteiger partial charge on any atom is -0.507 e. The first-order valence-corrected chi connectivity index (χ1v) is 6.59. The van der Waals surface area contributed by atoms with Gasteiger partial charge in [0.15, 0.2) is 0 Å². The molecule has 0 saturated heterocycles. The fraction of sp³-hybridized carbons (Fsp3) is 0.250. The Labute approximate surface area is 123 Å². The van der Waals surface area contributed by atoms with Crippen LogP contribution in [0.25, 0.3) is 10.8 Å². The molecule has 0 fully saturated rings. The van der Waals surface area contributed by atoms with Gasteiger partial charge in [-0.05, 0) is 37.6 Å². The Morgan fingerprint density at radius 3 is 2.67 bits per heavy atom. The lowest BCUT2D eigenvalue weighted by molar-refractivity contribution is 0.0529. The Morgan fingerprint density at radius 1 is 1.24 bits per heavy atom. The highest BCUT2D eigenvalue weighted by Crippen LogP contribution is 2.25. The van der Waals surface area contributed by atoms with Crippen LogP contribution < -0.4 is 5.43 Å². The normalized spacial score (nSPS) is 11.8. The van der Waals surface area contributed by atoms with Crippen LogP contribution in [0.4, 0.5) is 4.79 Å². The van der Waals surface area contributed by atoms with E-state index in [1.165, 1.54) is 6.21 Å². The molecule has 0 bridgehead atoms. The molecule has 0 saturated carbocycles.